The van der Waals surface area contributed by atoms with Crippen LogP contribution in [0.2, 0.25) is 0 Å². The molecule has 11 heteroatoms. The fourth-order valence-corrected chi connectivity index (χ4v) is 4.01. The number of nitrogens with one attached hydrogen (secondary N) is 2. The lowest BCUT2D eigenvalue weighted by atomic mass is 9.99. The number of aromatic nitrogens is 4. The largest absolute Gasteiger partial charge is 0.573 e. The summed E-state index contributed by atoms with van der Waals surface area (Å²) < 4.78 is 44.2. The van der Waals surface area contributed by atoms with Gasteiger partial charge in [-0.15, -0.1) is 18.3 Å². The fraction of sp³-hybridized carbons (Fsp3) is 0.125. The number of benzene rings is 2. The summed E-state index contributed by atoms with van der Waals surface area (Å²) in [7, 11) is 0. The highest BCUT2D eigenvalue weighted by molar-refractivity contribution is 6.08. The zero-order valence-electron chi connectivity index (χ0n) is 18.3. The number of carbonyl (C=O) groups is 1. The Hall–Kier alpha value is -4.54. The monoisotopic (exact) mass is 480 g/mol. The molecule has 1 amide bonds. The van der Waals surface area contributed by atoms with Crippen molar-refractivity contribution in [1.29, 1.82) is 0 Å². The second-order valence-corrected chi connectivity index (χ2v) is 7.93. The van der Waals surface area contributed by atoms with Gasteiger partial charge in [-0.25, -0.2) is 4.52 Å². The number of pyridine rings is 1. The number of hydrogen-bond acceptors (Lipinski definition) is 5. The van der Waals surface area contributed by atoms with Crippen LogP contribution >= 0.6 is 0 Å². The lowest BCUT2D eigenvalue weighted by molar-refractivity contribution is -0.275. The molecule has 8 nitrogen and oxygen atoms in total. The number of rotatable bonds is 5. The van der Waals surface area contributed by atoms with Crippen LogP contribution in [0.5, 0.6) is 5.75 Å². The van der Waals surface area contributed by atoms with Gasteiger partial charge in [0.15, 0.2) is 5.65 Å². The number of para-hydroxylation sites is 1. The highest BCUT2D eigenvalue weighted by Crippen LogP contribution is 2.32. The molecule has 0 fully saturated rings. The van der Waals surface area contributed by atoms with Crippen molar-refractivity contribution in [2.45, 2.75) is 19.3 Å². The van der Waals surface area contributed by atoms with E-state index in [0.717, 1.165) is 16.6 Å². The highest BCUT2D eigenvalue weighted by atomic mass is 19.4. The highest BCUT2D eigenvalue weighted by Gasteiger charge is 2.32. The van der Waals surface area contributed by atoms with Crippen molar-refractivity contribution in [3.63, 3.8) is 0 Å². The van der Waals surface area contributed by atoms with Crippen molar-refractivity contribution in [2.75, 3.05) is 5.73 Å². The SMILES string of the molecule is CC(NC(=O)c1cc(-c2ccn3nc(N)nc3c2)cc2[nH]ccc12)c1ccccc1OC(F)(F)F. The molecule has 0 saturated carbocycles. The van der Waals surface area contributed by atoms with Gasteiger partial charge in [0, 0.05) is 34.4 Å². The molecule has 0 aliphatic heterocycles. The fourth-order valence-electron chi connectivity index (χ4n) is 4.01. The number of anilines is 1. The third-order valence-corrected chi connectivity index (χ3v) is 5.56. The third-order valence-electron chi connectivity index (χ3n) is 5.56. The summed E-state index contributed by atoms with van der Waals surface area (Å²) in [5.41, 5.74) is 9.03. The molecule has 0 saturated heterocycles. The van der Waals surface area contributed by atoms with Gasteiger partial charge in [0.05, 0.1) is 6.04 Å². The number of nitrogen functional groups attached to an aromatic ring is 1. The van der Waals surface area contributed by atoms with E-state index in [1.165, 1.54) is 18.2 Å². The van der Waals surface area contributed by atoms with E-state index in [1.54, 1.807) is 48.1 Å². The normalized spacial score (nSPS) is 12.7. The Kier molecular flexibility index (Phi) is 5.31. The first-order valence-corrected chi connectivity index (χ1v) is 10.6. The van der Waals surface area contributed by atoms with E-state index in [1.807, 2.05) is 12.1 Å². The number of amides is 1. The number of nitrogens with two attached hydrogens (primary N) is 1. The van der Waals surface area contributed by atoms with Crippen LogP contribution in [0.3, 0.4) is 0 Å². The van der Waals surface area contributed by atoms with Gasteiger partial charge < -0.3 is 20.8 Å². The Morgan fingerprint density at radius 1 is 1.14 bits per heavy atom. The molecule has 0 bridgehead atoms. The maximum Gasteiger partial charge on any atom is 0.573 e. The molecule has 1 atom stereocenters. The van der Waals surface area contributed by atoms with E-state index in [9.17, 15) is 18.0 Å². The van der Waals surface area contributed by atoms with Gasteiger partial charge >= 0.3 is 6.36 Å². The van der Waals surface area contributed by atoms with Crippen molar-refractivity contribution in [1.82, 2.24) is 24.9 Å². The summed E-state index contributed by atoms with van der Waals surface area (Å²) in [5, 5.41) is 7.52. The van der Waals surface area contributed by atoms with Crippen molar-refractivity contribution in [2.24, 2.45) is 0 Å². The Morgan fingerprint density at radius 3 is 2.74 bits per heavy atom. The van der Waals surface area contributed by atoms with Crippen LogP contribution < -0.4 is 15.8 Å². The van der Waals surface area contributed by atoms with Crippen molar-refractivity contribution in [3.8, 4) is 16.9 Å². The second kappa shape index (κ2) is 8.35. The number of alkyl halides is 3. The van der Waals surface area contributed by atoms with E-state index >= 15 is 0 Å². The van der Waals surface area contributed by atoms with E-state index in [2.05, 4.69) is 25.1 Å². The summed E-state index contributed by atoms with van der Waals surface area (Å²) in [6.07, 6.45) is -1.42. The molecule has 3 aromatic heterocycles. The van der Waals surface area contributed by atoms with E-state index < -0.39 is 18.3 Å². The first kappa shape index (κ1) is 22.3. The number of hydrogen-bond donors (Lipinski definition) is 3. The molecule has 0 spiro atoms. The summed E-state index contributed by atoms with van der Waals surface area (Å²) in [6.45, 7) is 1.60. The minimum Gasteiger partial charge on any atom is -0.405 e. The van der Waals surface area contributed by atoms with Crippen LogP contribution in [0.15, 0.2) is 67.0 Å². The number of ether oxygens (including phenoxy) is 1. The smallest absolute Gasteiger partial charge is 0.405 e. The molecule has 5 rings (SSSR count). The molecule has 35 heavy (non-hydrogen) atoms. The van der Waals surface area contributed by atoms with Gasteiger partial charge in [-0.2, -0.15) is 4.98 Å². The zero-order chi connectivity index (χ0) is 24.7. The molecule has 5 aromatic rings. The predicted octanol–water partition coefficient (Wildman–Crippen LogP) is 4.85. The average molecular weight is 480 g/mol. The number of nitrogens with zero attached hydrogens (tertiary/aromatic N) is 3. The molecule has 4 N–H and O–H groups in total. The molecule has 1 unspecified atom stereocenters. The molecular weight excluding hydrogens is 461 g/mol. The van der Waals surface area contributed by atoms with Gasteiger partial charge in [0.2, 0.25) is 5.95 Å². The molecule has 2 aromatic carbocycles. The summed E-state index contributed by atoms with van der Waals surface area (Å²) in [4.78, 5) is 20.6. The maximum absolute atomic E-state index is 13.3. The first-order chi connectivity index (χ1) is 16.7. The Balaban J connectivity index is 1.49. The summed E-state index contributed by atoms with van der Waals surface area (Å²) in [5.74, 6) is -0.668. The zero-order valence-corrected chi connectivity index (χ0v) is 18.3. The van der Waals surface area contributed by atoms with Crippen LogP contribution in [0, 0.1) is 0 Å². The predicted molar refractivity (Wildman–Crippen MR) is 124 cm³/mol. The average Bonchev–Trinajstić information content (AvgIpc) is 3.42. The van der Waals surface area contributed by atoms with Crippen LogP contribution in [0.1, 0.15) is 28.9 Å². The van der Waals surface area contributed by atoms with Crippen LogP contribution in [-0.4, -0.2) is 31.9 Å². The Bertz CT molecular complexity index is 1560. The van der Waals surface area contributed by atoms with E-state index in [0.29, 0.717) is 16.6 Å². The van der Waals surface area contributed by atoms with Crippen LogP contribution in [0.4, 0.5) is 19.1 Å². The van der Waals surface area contributed by atoms with Gasteiger partial charge in [-0.3, -0.25) is 4.79 Å². The maximum atomic E-state index is 13.3. The van der Waals surface area contributed by atoms with Crippen molar-refractivity contribution >= 4 is 28.4 Å². The molecule has 3 heterocycles. The Morgan fingerprint density at radius 2 is 1.94 bits per heavy atom. The third kappa shape index (κ3) is 4.47. The Labute approximate surface area is 196 Å². The van der Waals surface area contributed by atoms with Gasteiger partial charge in [-0.1, -0.05) is 18.2 Å². The number of fused-ring (bicyclic) bond motifs is 2. The minimum absolute atomic E-state index is 0.144. The number of carbonyl (C=O) groups excluding carboxylic acids is 1. The molecule has 178 valence electrons. The quantitative estimate of drug-likeness (QED) is 0.333. The number of H-pyrrole nitrogens is 1. The second-order valence-electron chi connectivity index (χ2n) is 7.93. The minimum atomic E-state index is -4.85. The van der Waals surface area contributed by atoms with Crippen LogP contribution in [-0.2, 0) is 0 Å². The van der Waals surface area contributed by atoms with Crippen molar-refractivity contribution in [3.05, 3.63) is 78.1 Å². The summed E-state index contributed by atoms with van der Waals surface area (Å²) in [6, 6.07) is 14.0. The lowest BCUT2D eigenvalue weighted by Gasteiger charge is -2.19. The first-order valence-electron chi connectivity index (χ1n) is 10.6. The number of aromatic amines is 1. The van der Waals surface area contributed by atoms with E-state index in [-0.39, 0.29) is 17.3 Å². The van der Waals surface area contributed by atoms with E-state index in [4.69, 9.17) is 5.73 Å². The van der Waals surface area contributed by atoms with Gasteiger partial charge in [-0.05, 0) is 54.4 Å². The van der Waals surface area contributed by atoms with Gasteiger partial charge in [0.1, 0.15) is 5.75 Å². The van der Waals surface area contributed by atoms with Crippen LogP contribution in [0.25, 0.3) is 27.7 Å². The molecule has 0 aliphatic carbocycles. The molecule has 0 aliphatic rings. The summed E-state index contributed by atoms with van der Waals surface area (Å²) >= 11 is 0. The number of halogens is 3. The standard InChI is InChI=1S/C24H19F3N6O2/c1-13(16-4-2-3-5-20(16)35-24(25,26)27)30-22(34)18-10-15(11-19-17(18)6-8-29-19)14-7-9-33-21(12-14)31-23(28)32-33/h2-13,29H,1H3,(H2,28,32)(H,30,34). The lowest BCUT2D eigenvalue weighted by Crippen LogP contribution is -2.28. The molecular formula is C24H19F3N6O2. The topological polar surface area (TPSA) is 110 Å². The van der Waals surface area contributed by atoms with Crippen molar-refractivity contribution < 1.29 is 22.7 Å². The van der Waals surface area contributed by atoms with Gasteiger partial charge in [0.25, 0.3) is 5.91 Å². The molecule has 0 radical (unpaired) electrons.